The van der Waals surface area contributed by atoms with Gasteiger partial charge in [-0.05, 0) is 19.4 Å². The van der Waals surface area contributed by atoms with Crippen molar-refractivity contribution in [2.24, 2.45) is 0 Å². The van der Waals surface area contributed by atoms with Gasteiger partial charge in [0.1, 0.15) is 6.61 Å². The predicted octanol–water partition coefficient (Wildman–Crippen LogP) is 1.37. The lowest BCUT2D eigenvalue weighted by Crippen LogP contribution is -2.43. The van der Waals surface area contributed by atoms with Crippen molar-refractivity contribution in [1.82, 2.24) is 10.2 Å². The molecule has 5 heteroatoms. The standard InChI is InChI=1S/C15H22N2O3/c1-11(2)17-8-13(14(18)9-17)16-15(19)20-10-12-6-4-3-5-7-12/h3-7,11,13-14,18H,8-10H2,1-2H3,(H,16,19)/t13-,14-/m0/s1. The van der Waals surface area contributed by atoms with E-state index in [4.69, 9.17) is 4.74 Å². The van der Waals surface area contributed by atoms with Crippen molar-refractivity contribution in [2.75, 3.05) is 13.1 Å². The number of nitrogens with zero attached hydrogens (tertiary/aromatic N) is 1. The number of amides is 1. The summed E-state index contributed by atoms with van der Waals surface area (Å²) in [6, 6.07) is 9.61. The van der Waals surface area contributed by atoms with Gasteiger partial charge in [0.2, 0.25) is 0 Å². The fourth-order valence-corrected chi connectivity index (χ4v) is 2.30. The molecule has 1 aromatic carbocycles. The molecule has 0 spiro atoms. The minimum absolute atomic E-state index is 0.239. The number of carbonyl (C=O) groups excluding carboxylic acids is 1. The Bertz CT molecular complexity index is 436. The van der Waals surface area contributed by atoms with Crippen LogP contribution in [0.4, 0.5) is 4.79 Å². The monoisotopic (exact) mass is 278 g/mol. The van der Waals surface area contributed by atoms with Crippen molar-refractivity contribution in [3.63, 3.8) is 0 Å². The Balaban J connectivity index is 1.77. The molecule has 1 aliphatic rings. The van der Waals surface area contributed by atoms with Crippen LogP contribution in [0.1, 0.15) is 19.4 Å². The molecule has 2 rings (SSSR count). The van der Waals surface area contributed by atoms with Crippen LogP contribution >= 0.6 is 0 Å². The zero-order valence-corrected chi connectivity index (χ0v) is 12.0. The Morgan fingerprint density at radius 3 is 2.70 bits per heavy atom. The van der Waals surface area contributed by atoms with Crippen molar-refractivity contribution in [3.05, 3.63) is 35.9 Å². The van der Waals surface area contributed by atoms with Crippen LogP contribution < -0.4 is 5.32 Å². The zero-order valence-electron chi connectivity index (χ0n) is 12.0. The summed E-state index contributed by atoms with van der Waals surface area (Å²) in [7, 11) is 0. The van der Waals surface area contributed by atoms with Gasteiger partial charge in [-0.15, -0.1) is 0 Å². The van der Waals surface area contributed by atoms with E-state index in [1.807, 2.05) is 30.3 Å². The number of likely N-dealkylation sites (tertiary alicyclic amines) is 1. The lowest BCUT2D eigenvalue weighted by molar-refractivity contribution is 0.117. The van der Waals surface area contributed by atoms with Gasteiger partial charge in [-0.2, -0.15) is 0 Å². The molecule has 0 unspecified atom stereocenters. The van der Waals surface area contributed by atoms with Crippen molar-refractivity contribution in [1.29, 1.82) is 0 Å². The predicted molar refractivity (Wildman–Crippen MR) is 76.3 cm³/mol. The van der Waals surface area contributed by atoms with Crippen LogP contribution in [0.2, 0.25) is 0 Å². The number of hydrogen-bond donors (Lipinski definition) is 2. The molecule has 1 saturated heterocycles. The third-order valence-corrected chi connectivity index (χ3v) is 3.56. The minimum atomic E-state index is -0.540. The van der Waals surface area contributed by atoms with E-state index in [1.165, 1.54) is 0 Å². The number of hydrogen-bond acceptors (Lipinski definition) is 4. The van der Waals surface area contributed by atoms with Gasteiger partial charge in [-0.1, -0.05) is 30.3 Å². The molecular weight excluding hydrogens is 256 g/mol. The van der Waals surface area contributed by atoms with Crippen molar-refractivity contribution in [2.45, 2.75) is 38.6 Å². The summed E-state index contributed by atoms with van der Waals surface area (Å²) in [6.07, 6.45) is -1.02. The normalized spacial score (nSPS) is 23.0. The second-order valence-corrected chi connectivity index (χ2v) is 5.43. The molecule has 2 atom stereocenters. The first-order chi connectivity index (χ1) is 9.56. The number of ether oxygens (including phenoxy) is 1. The topological polar surface area (TPSA) is 61.8 Å². The molecule has 0 saturated carbocycles. The van der Waals surface area contributed by atoms with E-state index >= 15 is 0 Å². The average molecular weight is 278 g/mol. The first kappa shape index (κ1) is 14.8. The highest BCUT2D eigenvalue weighted by Gasteiger charge is 2.33. The third kappa shape index (κ3) is 3.95. The largest absolute Gasteiger partial charge is 0.445 e. The van der Waals surface area contributed by atoms with E-state index in [-0.39, 0.29) is 12.6 Å². The van der Waals surface area contributed by atoms with Gasteiger partial charge in [-0.3, -0.25) is 4.90 Å². The van der Waals surface area contributed by atoms with Gasteiger partial charge in [0.05, 0.1) is 12.1 Å². The molecule has 0 aromatic heterocycles. The molecule has 1 aromatic rings. The van der Waals surface area contributed by atoms with Gasteiger partial charge >= 0.3 is 6.09 Å². The summed E-state index contributed by atoms with van der Waals surface area (Å²) in [6.45, 7) is 5.62. The highest BCUT2D eigenvalue weighted by atomic mass is 16.5. The molecule has 110 valence electrons. The van der Waals surface area contributed by atoms with Crippen LogP contribution in [-0.4, -0.2) is 47.4 Å². The molecule has 0 aliphatic carbocycles. The number of aliphatic hydroxyl groups is 1. The Labute approximate surface area is 119 Å². The quantitative estimate of drug-likeness (QED) is 0.873. The minimum Gasteiger partial charge on any atom is -0.445 e. The Kier molecular flexibility index (Phi) is 4.98. The Morgan fingerprint density at radius 1 is 1.40 bits per heavy atom. The van der Waals surface area contributed by atoms with Crippen molar-refractivity contribution < 1.29 is 14.6 Å². The number of aliphatic hydroxyl groups excluding tert-OH is 1. The number of benzene rings is 1. The summed E-state index contributed by atoms with van der Waals surface area (Å²) >= 11 is 0. The SMILES string of the molecule is CC(C)N1C[C@H](NC(=O)OCc2ccccc2)[C@@H](O)C1. The van der Waals surface area contributed by atoms with E-state index in [1.54, 1.807) is 0 Å². The van der Waals surface area contributed by atoms with Crippen LogP contribution in [0.25, 0.3) is 0 Å². The van der Waals surface area contributed by atoms with Crippen LogP contribution in [0.3, 0.4) is 0 Å². The highest BCUT2D eigenvalue weighted by Crippen LogP contribution is 2.13. The van der Waals surface area contributed by atoms with Gasteiger partial charge in [-0.25, -0.2) is 4.79 Å². The van der Waals surface area contributed by atoms with Gasteiger partial charge < -0.3 is 15.2 Å². The summed E-state index contributed by atoms with van der Waals surface area (Å²) in [5.74, 6) is 0. The smallest absolute Gasteiger partial charge is 0.407 e. The highest BCUT2D eigenvalue weighted by molar-refractivity contribution is 5.67. The van der Waals surface area contributed by atoms with Crippen LogP contribution in [-0.2, 0) is 11.3 Å². The summed E-state index contributed by atoms with van der Waals surface area (Å²) in [4.78, 5) is 13.9. The molecule has 1 heterocycles. The molecular formula is C15H22N2O3. The first-order valence-electron chi connectivity index (χ1n) is 6.95. The number of nitrogens with one attached hydrogen (secondary N) is 1. The number of rotatable bonds is 4. The summed E-state index contributed by atoms with van der Waals surface area (Å²) in [5, 5.41) is 12.7. The second kappa shape index (κ2) is 6.72. The van der Waals surface area contributed by atoms with Crippen LogP contribution in [0.15, 0.2) is 30.3 Å². The maximum atomic E-state index is 11.7. The fraction of sp³-hybridized carbons (Fsp3) is 0.533. The lowest BCUT2D eigenvalue weighted by Gasteiger charge is -2.19. The van der Waals surface area contributed by atoms with E-state index in [9.17, 15) is 9.90 Å². The van der Waals surface area contributed by atoms with E-state index in [2.05, 4.69) is 24.1 Å². The molecule has 0 radical (unpaired) electrons. The molecule has 20 heavy (non-hydrogen) atoms. The Hall–Kier alpha value is -1.59. The fourth-order valence-electron chi connectivity index (χ4n) is 2.30. The van der Waals surface area contributed by atoms with E-state index in [0.717, 1.165) is 5.56 Å². The summed E-state index contributed by atoms with van der Waals surface area (Å²) in [5.41, 5.74) is 0.943. The van der Waals surface area contributed by atoms with Gasteiger partial charge in [0, 0.05) is 19.1 Å². The Morgan fingerprint density at radius 2 is 2.10 bits per heavy atom. The number of carbonyl (C=O) groups is 1. The second-order valence-electron chi connectivity index (χ2n) is 5.43. The van der Waals surface area contributed by atoms with Crippen LogP contribution in [0.5, 0.6) is 0 Å². The lowest BCUT2D eigenvalue weighted by atomic mass is 10.2. The number of alkyl carbamates (subject to hydrolysis) is 1. The van der Waals surface area contributed by atoms with Crippen LogP contribution in [0, 0.1) is 0 Å². The molecule has 2 N–H and O–H groups in total. The number of β-amino-alcohol motifs (C(OH)–C–C–N with tert-alkyl or cyclic N) is 1. The molecule has 5 nitrogen and oxygen atoms in total. The molecule has 1 amide bonds. The molecule has 1 aliphatic heterocycles. The van der Waals surface area contributed by atoms with Gasteiger partial charge in [0.25, 0.3) is 0 Å². The van der Waals surface area contributed by atoms with Crippen molar-refractivity contribution in [3.8, 4) is 0 Å². The van der Waals surface area contributed by atoms with E-state index in [0.29, 0.717) is 19.1 Å². The molecule has 1 fully saturated rings. The van der Waals surface area contributed by atoms with Crippen molar-refractivity contribution >= 4 is 6.09 Å². The average Bonchev–Trinajstić information content (AvgIpc) is 2.79. The summed E-state index contributed by atoms with van der Waals surface area (Å²) < 4.78 is 5.15. The maximum Gasteiger partial charge on any atom is 0.407 e. The zero-order chi connectivity index (χ0) is 14.5. The van der Waals surface area contributed by atoms with E-state index < -0.39 is 12.2 Å². The third-order valence-electron chi connectivity index (χ3n) is 3.56. The first-order valence-corrected chi connectivity index (χ1v) is 6.95. The molecule has 0 bridgehead atoms. The van der Waals surface area contributed by atoms with Gasteiger partial charge in [0.15, 0.2) is 0 Å². The maximum absolute atomic E-state index is 11.7.